The Hall–Kier alpha value is -0.380. The van der Waals surface area contributed by atoms with E-state index in [0.717, 1.165) is 5.57 Å². The van der Waals surface area contributed by atoms with Crippen molar-refractivity contribution in [2.45, 2.75) is 31.8 Å². The molecule has 1 saturated heterocycles. The van der Waals surface area contributed by atoms with Gasteiger partial charge in [-0.15, -0.1) is 0 Å². The van der Waals surface area contributed by atoms with Gasteiger partial charge in [0.15, 0.2) is 6.29 Å². The average molecular weight is 170 g/mol. The van der Waals surface area contributed by atoms with Crippen LogP contribution < -0.4 is 0 Å². The lowest BCUT2D eigenvalue weighted by atomic mass is 10.0. The van der Waals surface area contributed by atoms with Crippen molar-refractivity contribution < 1.29 is 14.6 Å². The highest BCUT2D eigenvalue weighted by atomic mass is 16.7. The van der Waals surface area contributed by atoms with E-state index >= 15 is 0 Å². The summed E-state index contributed by atoms with van der Waals surface area (Å²) in [5.74, 6) is 0.205. The monoisotopic (exact) mass is 170 g/mol. The molecule has 1 heterocycles. The van der Waals surface area contributed by atoms with Crippen LogP contribution >= 0.6 is 0 Å². The van der Waals surface area contributed by atoms with Crippen LogP contribution in [0.15, 0.2) is 12.2 Å². The van der Waals surface area contributed by atoms with Crippen molar-refractivity contribution in [3.05, 3.63) is 12.2 Å². The lowest BCUT2D eigenvalue weighted by Gasteiger charge is -2.30. The van der Waals surface area contributed by atoms with Gasteiger partial charge in [-0.05, 0) is 12.5 Å². The molecule has 4 atom stereocenters. The minimum Gasteiger partial charge on any atom is -0.389 e. The van der Waals surface area contributed by atoms with Crippen LogP contribution in [0.4, 0.5) is 0 Å². The third-order valence-corrected chi connectivity index (χ3v) is 2.69. The van der Waals surface area contributed by atoms with E-state index in [0.29, 0.717) is 13.0 Å². The molecule has 1 N–H and O–H groups in total. The highest BCUT2D eigenvalue weighted by molar-refractivity contribution is 5.16. The highest BCUT2D eigenvalue weighted by Crippen LogP contribution is 2.36. The molecule has 1 unspecified atom stereocenters. The normalized spacial score (nSPS) is 47.7. The number of aliphatic hydroxyl groups excluding tert-OH is 1. The van der Waals surface area contributed by atoms with Gasteiger partial charge in [-0.25, -0.2) is 0 Å². The first-order valence-corrected chi connectivity index (χ1v) is 4.32. The number of ether oxygens (including phenoxy) is 2. The molecule has 0 radical (unpaired) electrons. The smallest absolute Gasteiger partial charge is 0.155 e. The van der Waals surface area contributed by atoms with Crippen molar-refractivity contribution in [3.8, 4) is 0 Å². The predicted octanol–water partition coefficient (Wildman–Crippen LogP) is 0.685. The second kappa shape index (κ2) is 2.83. The van der Waals surface area contributed by atoms with Gasteiger partial charge in [0, 0.05) is 12.3 Å². The van der Waals surface area contributed by atoms with Crippen LogP contribution in [-0.4, -0.2) is 30.2 Å². The second-order valence-electron chi connectivity index (χ2n) is 3.51. The quantitative estimate of drug-likeness (QED) is 0.543. The van der Waals surface area contributed by atoms with Crippen molar-refractivity contribution >= 4 is 0 Å². The largest absolute Gasteiger partial charge is 0.389 e. The van der Waals surface area contributed by atoms with E-state index in [-0.39, 0.29) is 18.3 Å². The number of hydrogen-bond acceptors (Lipinski definition) is 3. The van der Waals surface area contributed by atoms with E-state index < -0.39 is 6.10 Å². The molecule has 1 saturated carbocycles. The zero-order valence-electron chi connectivity index (χ0n) is 7.19. The molecule has 2 fully saturated rings. The molecule has 1 aliphatic carbocycles. The summed E-state index contributed by atoms with van der Waals surface area (Å²) in [6.07, 6.45) is 0.270. The molecule has 3 nitrogen and oxygen atoms in total. The topological polar surface area (TPSA) is 38.7 Å². The molecule has 1 aliphatic heterocycles. The van der Waals surface area contributed by atoms with E-state index in [1.807, 2.05) is 6.92 Å². The summed E-state index contributed by atoms with van der Waals surface area (Å²) in [7, 11) is 0. The molecule has 0 amide bonds. The minimum atomic E-state index is -0.395. The van der Waals surface area contributed by atoms with Crippen molar-refractivity contribution in [1.82, 2.24) is 0 Å². The Balaban J connectivity index is 2.09. The Labute approximate surface area is 72.0 Å². The molecule has 0 aromatic rings. The van der Waals surface area contributed by atoms with Crippen LogP contribution in [0.1, 0.15) is 13.3 Å². The van der Waals surface area contributed by atoms with Crippen LogP contribution in [0.3, 0.4) is 0 Å². The maximum Gasteiger partial charge on any atom is 0.155 e. The molecule has 68 valence electrons. The fourth-order valence-corrected chi connectivity index (χ4v) is 1.91. The van der Waals surface area contributed by atoms with Crippen molar-refractivity contribution in [3.63, 3.8) is 0 Å². The van der Waals surface area contributed by atoms with Gasteiger partial charge >= 0.3 is 0 Å². The molecule has 2 rings (SSSR count). The first-order chi connectivity index (χ1) is 5.68. The first-order valence-electron chi connectivity index (χ1n) is 4.32. The summed E-state index contributed by atoms with van der Waals surface area (Å²) in [6, 6.07) is 0. The molecule has 2 aliphatic rings. The lowest BCUT2D eigenvalue weighted by Crippen LogP contribution is -2.35. The molecule has 0 aromatic carbocycles. The van der Waals surface area contributed by atoms with Gasteiger partial charge in [-0.2, -0.15) is 0 Å². The summed E-state index contributed by atoms with van der Waals surface area (Å²) in [5, 5.41) is 9.48. The number of rotatable bonds is 0. The fraction of sp³-hybridized carbons (Fsp3) is 0.778. The third kappa shape index (κ3) is 1.18. The zero-order valence-corrected chi connectivity index (χ0v) is 7.19. The average Bonchev–Trinajstić information content (AvgIpc) is 2.28. The van der Waals surface area contributed by atoms with E-state index in [1.165, 1.54) is 0 Å². The van der Waals surface area contributed by atoms with Crippen molar-refractivity contribution in [2.75, 3.05) is 6.61 Å². The summed E-state index contributed by atoms with van der Waals surface area (Å²) in [4.78, 5) is 0. The summed E-state index contributed by atoms with van der Waals surface area (Å²) in [6.45, 7) is 6.35. The van der Waals surface area contributed by atoms with E-state index in [4.69, 9.17) is 9.47 Å². The lowest BCUT2D eigenvalue weighted by molar-refractivity contribution is -0.215. The molecular formula is C9H14O3. The molecule has 0 bridgehead atoms. The second-order valence-corrected chi connectivity index (χ2v) is 3.51. The summed E-state index contributed by atoms with van der Waals surface area (Å²) >= 11 is 0. The van der Waals surface area contributed by atoms with Gasteiger partial charge in [0.05, 0.1) is 18.8 Å². The fourth-order valence-electron chi connectivity index (χ4n) is 1.91. The molecule has 0 spiro atoms. The molecular weight excluding hydrogens is 156 g/mol. The van der Waals surface area contributed by atoms with Gasteiger partial charge in [0.1, 0.15) is 0 Å². The van der Waals surface area contributed by atoms with Crippen LogP contribution in [0, 0.1) is 5.92 Å². The maximum absolute atomic E-state index is 9.48. The standard InChI is InChI=1S/C9H14O3/c1-5-7-4-11-6(2)12-9(7)3-8(5)10/h6-10H,1,3-4H2,2H3/t6?,7-,8-,9-/m0/s1. The van der Waals surface area contributed by atoms with Gasteiger partial charge in [-0.1, -0.05) is 6.58 Å². The number of aliphatic hydroxyl groups is 1. The first kappa shape index (κ1) is 8.23. The Kier molecular flexibility index (Phi) is 1.94. The van der Waals surface area contributed by atoms with Gasteiger partial charge in [0.2, 0.25) is 0 Å². The van der Waals surface area contributed by atoms with Crippen LogP contribution in [0.2, 0.25) is 0 Å². The summed E-state index contributed by atoms with van der Waals surface area (Å²) < 4.78 is 10.8. The van der Waals surface area contributed by atoms with Crippen molar-refractivity contribution in [2.24, 2.45) is 5.92 Å². The molecule has 0 aromatic heterocycles. The van der Waals surface area contributed by atoms with E-state index in [2.05, 4.69) is 6.58 Å². The number of fused-ring (bicyclic) bond motifs is 1. The number of hydrogen-bond donors (Lipinski definition) is 1. The van der Waals surface area contributed by atoms with Gasteiger partial charge in [-0.3, -0.25) is 0 Å². The minimum absolute atomic E-state index is 0.122. The SMILES string of the molecule is C=C1[C@@H](O)C[C@@H]2OC(C)OC[C@@H]12. The Morgan fingerprint density at radius 1 is 1.58 bits per heavy atom. The van der Waals surface area contributed by atoms with E-state index in [9.17, 15) is 5.11 Å². The van der Waals surface area contributed by atoms with Crippen molar-refractivity contribution in [1.29, 1.82) is 0 Å². The Morgan fingerprint density at radius 2 is 2.33 bits per heavy atom. The predicted molar refractivity (Wildman–Crippen MR) is 43.5 cm³/mol. The zero-order chi connectivity index (χ0) is 8.72. The van der Waals surface area contributed by atoms with Crippen LogP contribution in [-0.2, 0) is 9.47 Å². The molecule has 3 heteroatoms. The van der Waals surface area contributed by atoms with Gasteiger partial charge < -0.3 is 14.6 Å². The maximum atomic E-state index is 9.48. The van der Waals surface area contributed by atoms with Crippen LogP contribution in [0.5, 0.6) is 0 Å². The van der Waals surface area contributed by atoms with Gasteiger partial charge in [0.25, 0.3) is 0 Å². The third-order valence-electron chi connectivity index (χ3n) is 2.69. The van der Waals surface area contributed by atoms with E-state index in [1.54, 1.807) is 0 Å². The highest BCUT2D eigenvalue weighted by Gasteiger charge is 2.41. The Bertz CT molecular complexity index is 202. The van der Waals surface area contributed by atoms with Crippen LogP contribution in [0.25, 0.3) is 0 Å². The summed E-state index contributed by atoms with van der Waals surface area (Å²) in [5.41, 5.74) is 0.868. The molecule has 12 heavy (non-hydrogen) atoms. The Morgan fingerprint density at radius 3 is 3.08 bits per heavy atom.